The first-order chi connectivity index (χ1) is 9.65. The zero-order chi connectivity index (χ0) is 14.1. The molecule has 3 heteroatoms. The summed E-state index contributed by atoms with van der Waals surface area (Å²) in [6, 6.07) is 13.5. The topological polar surface area (TPSA) is 34.4 Å². The van der Waals surface area contributed by atoms with E-state index in [0.717, 1.165) is 22.2 Å². The Morgan fingerprint density at radius 1 is 1.15 bits per heavy atom. The third-order valence-electron chi connectivity index (χ3n) is 3.45. The summed E-state index contributed by atoms with van der Waals surface area (Å²) < 4.78 is 7.83. The van der Waals surface area contributed by atoms with Crippen molar-refractivity contribution in [3.8, 4) is 11.5 Å². The van der Waals surface area contributed by atoms with E-state index >= 15 is 0 Å². The second kappa shape index (κ2) is 4.93. The van der Waals surface area contributed by atoms with Crippen LogP contribution in [0.1, 0.15) is 11.1 Å². The highest BCUT2D eigenvalue weighted by atomic mass is 16.5. The Morgan fingerprint density at radius 3 is 2.75 bits per heavy atom. The first-order valence-corrected chi connectivity index (χ1v) is 6.60. The second-order valence-electron chi connectivity index (χ2n) is 5.04. The summed E-state index contributed by atoms with van der Waals surface area (Å²) in [5.41, 5.74) is 3.17. The van der Waals surface area contributed by atoms with Crippen LogP contribution in [-0.2, 0) is 13.7 Å². The molecule has 0 bridgehead atoms. The smallest absolute Gasteiger partial charge is 0.125 e. The number of aromatic hydroxyl groups is 1. The lowest BCUT2D eigenvalue weighted by atomic mass is 10.1. The van der Waals surface area contributed by atoms with Crippen LogP contribution in [0.4, 0.5) is 0 Å². The zero-order valence-corrected chi connectivity index (χ0v) is 11.6. The summed E-state index contributed by atoms with van der Waals surface area (Å²) in [4.78, 5) is 0. The number of phenols is 1. The molecule has 3 aromatic rings. The van der Waals surface area contributed by atoms with Crippen LogP contribution in [0.2, 0.25) is 0 Å². The van der Waals surface area contributed by atoms with Crippen molar-refractivity contribution in [2.75, 3.05) is 0 Å². The molecular weight excluding hydrogens is 250 g/mol. The van der Waals surface area contributed by atoms with Crippen molar-refractivity contribution in [2.45, 2.75) is 13.5 Å². The summed E-state index contributed by atoms with van der Waals surface area (Å²) in [5, 5.41) is 10.9. The number of aryl methyl sites for hydroxylation is 2. The fourth-order valence-electron chi connectivity index (χ4n) is 2.49. The minimum atomic E-state index is 0.297. The summed E-state index contributed by atoms with van der Waals surface area (Å²) in [5.74, 6) is 1.14. The molecule has 0 amide bonds. The number of hydrogen-bond acceptors (Lipinski definition) is 2. The maximum atomic E-state index is 10.0. The van der Waals surface area contributed by atoms with Crippen LogP contribution in [-0.4, -0.2) is 9.67 Å². The lowest BCUT2D eigenvalue weighted by Crippen LogP contribution is -1.95. The molecular formula is C17H17NO2. The van der Waals surface area contributed by atoms with Gasteiger partial charge in [0.25, 0.3) is 0 Å². The number of phenolic OH excluding ortho intramolecular Hbond substituents is 1. The highest BCUT2D eigenvalue weighted by molar-refractivity contribution is 5.89. The third kappa shape index (κ3) is 2.23. The predicted molar refractivity (Wildman–Crippen MR) is 80.1 cm³/mol. The highest BCUT2D eigenvalue weighted by Crippen LogP contribution is 2.30. The van der Waals surface area contributed by atoms with Crippen LogP contribution in [0, 0.1) is 6.92 Å². The van der Waals surface area contributed by atoms with Gasteiger partial charge in [-0.2, -0.15) is 0 Å². The fraction of sp³-hybridized carbons (Fsp3) is 0.176. The largest absolute Gasteiger partial charge is 0.507 e. The first-order valence-electron chi connectivity index (χ1n) is 6.60. The van der Waals surface area contributed by atoms with E-state index in [4.69, 9.17) is 4.74 Å². The average molecular weight is 267 g/mol. The lowest BCUT2D eigenvalue weighted by Gasteiger charge is -2.06. The van der Waals surface area contributed by atoms with Gasteiger partial charge in [0.2, 0.25) is 0 Å². The number of ether oxygens (including phenoxy) is 1. The molecule has 0 spiro atoms. The van der Waals surface area contributed by atoms with Gasteiger partial charge in [0, 0.05) is 24.2 Å². The Bertz CT molecular complexity index is 759. The fourth-order valence-corrected chi connectivity index (χ4v) is 2.49. The maximum Gasteiger partial charge on any atom is 0.125 e. The van der Waals surface area contributed by atoms with Gasteiger partial charge >= 0.3 is 0 Å². The van der Waals surface area contributed by atoms with Gasteiger partial charge in [0.05, 0.1) is 5.52 Å². The van der Waals surface area contributed by atoms with Crippen molar-refractivity contribution in [3.63, 3.8) is 0 Å². The molecule has 102 valence electrons. The highest BCUT2D eigenvalue weighted by Gasteiger charge is 2.10. The number of benzene rings is 2. The van der Waals surface area contributed by atoms with Crippen LogP contribution in [0.5, 0.6) is 11.5 Å². The van der Waals surface area contributed by atoms with Crippen LogP contribution in [0.15, 0.2) is 48.7 Å². The van der Waals surface area contributed by atoms with E-state index in [1.165, 1.54) is 5.56 Å². The van der Waals surface area contributed by atoms with E-state index in [-0.39, 0.29) is 0 Å². The lowest BCUT2D eigenvalue weighted by molar-refractivity contribution is 0.307. The molecule has 0 unspecified atom stereocenters. The molecule has 0 fully saturated rings. The van der Waals surface area contributed by atoms with Crippen molar-refractivity contribution >= 4 is 10.9 Å². The van der Waals surface area contributed by atoms with Gasteiger partial charge in [-0.25, -0.2) is 0 Å². The maximum absolute atomic E-state index is 10.0. The minimum absolute atomic E-state index is 0.297. The molecule has 3 nitrogen and oxygen atoms in total. The predicted octanol–water partition coefficient (Wildman–Crippen LogP) is 3.77. The van der Waals surface area contributed by atoms with Gasteiger partial charge in [-0.1, -0.05) is 18.2 Å². The Balaban J connectivity index is 1.92. The third-order valence-corrected chi connectivity index (χ3v) is 3.45. The average Bonchev–Trinajstić information content (AvgIpc) is 2.75. The number of fused-ring (bicyclic) bond motifs is 1. The van der Waals surface area contributed by atoms with Gasteiger partial charge in [-0.15, -0.1) is 0 Å². The van der Waals surface area contributed by atoms with Gasteiger partial charge in [0.1, 0.15) is 18.1 Å². The molecule has 1 heterocycles. The Kier molecular flexibility index (Phi) is 3.11. The second-order valence-corrected chi connectivity index (χ2v) is 5.04. The van der Waals surface area contributed by atoms with Gasteiger partial charge in [-0.05, 0) is 36.8 Å². The number of aromatic nitrogens is 1. The van der Waals surface area contributed by atoms with Crippen LogP contribution >= 0.6 is 0 Å². The SMILES string of the molecule is Cc1cccc(OCc2cn(C)c3cccc(O)c23)c1. The summed E-state index contributed by atoms with van der Waals surface area (Å²) in [6.07, 6.45) is 2.00. The van der Waals surface area contributed by atoms with Crippen LogP contribution < -0.4 is 4.74 Å². The summed E-state index contributed by atoms with van der Waals surface area (Å²) in [7, 11) is 1.97. The van der Waals surface area contributed by atoms with Crippen LogP contribution in [0.3, 0.4) is 0 Å². The van der Waals surface area contributed by atoms with E-state index in [0.29, 0.717) is 12.4 Å². The molecule has 0 aliphatic carbocycles. The number of nitrogens with zero attached hydrogens (tertiary/aromatic N) is 1. The molecule has 0 aliphatic rings. The van der Waals surface area contributed by atoms with Crippen LogP contribution in [0.25, 0.3) is 10.9 Å². The monoisotopic (exact) mass is 267 g/mol. The quantitative estimate of drug-likeness (QED) is 0.783. The van der Waals surface area contributed by atoms with E-state index < -0.39 is 0 Å². The molecule has 0 radical (unpaired) electrons. The zero-order valence-electron chi connectivity index (χ0n) is 11.6. The van der Waals surface area contributed by atoms with Crippen molar-refractivity contribution < 1.29 is 9.84 Å². The molecule has 1 N–H and O–H groups in total. The first kappa shape index (κ1) is 12.6. The van der Waals surface area contributed by atoms with E-state index in [2.05, 4.69) is 0 Å². The van der Waals surface area contributed by atoms with E-state index in [9.17, 15) is 5.11 Å². The number of hydrogen-bond donors (Lipinski definition) is 1. The van der Waals surface area contributed by atoms with Crippen molar-refractivity contribution in [3.05, 3.63) is 59.8 Å². The molecule has 1 aromatic heterocycles. The van der Waals surface area contributed by atoms with Gasteiger partial charge in [-0.3, -0.25) is 0 Å². The van der Waals surface area contributed by atoms with Gasteiger partial charge < -0.3 is 14.4 Å². The van der Waals surface area contributed by atoms with Crippen molar-refractivity contribution in [1.29, 1.82) is 0 Å². The molecule has 0 saturated heterocycles. The number of rotatable bonds is 3. The Labute approximate surface area is 118 Å². The Morgan fingerprint density at radius 2 is 1.95 bits per heavy atom. The summed E-state index contributed by atoms with van der Waals surface area (Å²) in [6.45, 7) is 2.48. The van der Waals surface area contributed by atoms with Crippen molar-refractivity contribution in [1.82, 2.24) is 4.57 Å². The summed E-state index contributed by atoms with van der Waals surface area (Å²) >= 11 is 0. The van der Waals surface area contributed by atoms with Crippen molar-refractivity contribution in [2.24, 2.45) is 7.05 Å². The van der Waals surface area contributed by atoms with E-state index in [1.807, 2.05) is 61.1 Å². The minimum Gasteiger partial charge on any atom is -0.507 e. The molecule has 0 atom stereocenters. The molecule has 0 aliphatic heterocycles. The standard InChI is InChI=1S/C17H17NO2/c1-12-5-3-6-14(9-12)20-11-13-10-18(2)15-7-4-8-16(19)17(13)15/h3-10,19H,11H2,1-2H3. The Hall–Kier alpha value is -2.42. The molecule has 0 saturated carbocycles. The normalized spacial score (nSPS) is 10.9. The van der Waals surface area contributed by atoms with E-state index in [1.54, 1.807) is 6.07 Å². The van der Waals surface area contributed by atoms with Gasteiger partial charge in [0.15, 0.2) is 0 Å². The molecule has 3 rings (SSSR count). The molecule has 2 aromatic carbocycles. The molecule has 20 heavy (non-hydrogen) atoms.